The fraction of sp³-hybridized carbons (Fsp3) is 0.0455. The summed E-state index contributed by atoms with van der Waals surface area (Å²) >= 11 is 6.50. The van der Waals surface area contributed by atoms with Crippen LogP contribution in [0.4, 0.5) is 10.5 Å². The number of nitro groups is 1. The van der Waals surface area contributed by atoms with Gasteiger partial charge in [-0.15, -0.1) is 0 Å². The second-order valence-corrected chi connectivity index (χ2v) is 8.10. The molecule has 0 spiro atoms. The number of nitrogens with zero attached hydrogens (tertiary/aromatic N) is 2. The Morgan fingerprint density at radius 3 is 2.53 bits per heavy atom. The molecular weight excluding hydrogens is 456 g/mol. The van der Waals surface area contributed by atoms with E-state index in [0.29, 0.717) is 27.9 Å². The van der Waals surface area contributed by atoms with Gasteiger partial charge in [0, 0.05) is 22.7 Å². The summed E-state index contributed by atoms with van der Waals surface area (Å²) in [5.74, 6) is -0.527. The summed E-state index contributed by atoms with van der Waals surface area (Å²) in [6, 6.07) is 15.3. The van der Waals surface area contributed by atoms with E-state index < -0.39 is 28.4 Å². The van der Waals surface area contributed by atoms with Crippen LogP contribution in [-0.4, -0.2) is 33.3 Å². The van der Waals surface area contributed by atoms with Crippen molar-refractivity contribution in [3.63, 3.8) is 0 Å². The van der Waals surface area contributed by atoms with E-state index in [1.54, 1.807) is 42.5 Å². The van der Waals surface area contributed by atoms with Crippen molar-refractivity contribution in [1.82, 2.24) is 4.90 Å². The van der Waals surface area contributed by atoms with Crippen LogP contribution in [0, 0.1) is 10.1 Å². The van der Waals surface area contributed by atoms with Crippen molar-refractivity contribution < 1.29 is 23.7 Å². The number of imide groups is 1. The first-order valence-electron chi connectivity index (χ1n) is 9.21. The van der Waals surface area contributed by atoms with Gasteiger partial charge in [-0.05, 0) is 54.2 Å². The number of hydrogen-bond donors (Lipinski definition) is 0. The van der Waals surface area contributed by atoms with Crippen molar-refractivity contribution in [2.75, 3.05) is 6.54 Å². The normalized spacial score (nSPS) is 14.9. The zero-order valence-electron chi connectivity index (χ0n) is 16.2. The van der Waals surface area contributed by atoms with Gasteiger partial charge in [-0.3, -0.25) is 29.4 Å². The molecule has 10 heteroatoms. The number of amides is 2. The molecule has 3 aromatic rings. The largest absolute Gasteiger partial charge is 0.456 e. The Labute approximate surface area is 190 Å². The lowest BCUT2D eigenvalue weighted by Gasteiger charge is -2.11. The second kappa shape index (κ2) is 8.81. The number of ketones is 1. The predicted octanol–water partition coefficient (Wildman–Crippen LogP) is 5.43. The van der Waals surface area contributed by atoms with Gasteiger partial charge in [0.05, 0.1) is 21.9 Å². The van der Waals surface area contributed by atoms with Crippen LogP contribution in [0.3, 0.4) is 0 Å². The smallest absolute Gasteiger partial charge is 0.293 e. The number of Topliss-reactive ketones (excluding diaryl/α,β-unsaturated/α-hetero) is 1. The Morgan fingerprint density at radius 1 is 1.09 bits per heavy atom. The summed E-state index contributed by atoms with van der Waals surface area (Å²) in [6.45, 7) is -0.400. The molecule has 2 aromatic carbocycles. The zero-order valence-corrected chi connectivity index (χ0v) is 17.8. The van der Waals surface area contributed by atoms with E-state index in [2.05, 4.69) is 0 Å². The third-order valence-corrected chi connectivity index (χ3v) is 5.77. The van der Waals surface area contributed by atoms with Gasteiger partial charge in [0.25, 0.3) is 16.8 Å². The predicted molar refractivity (Wildman–Crippen MR) is 119 cm³/mol. The molecule has 1 aliphatic rings. The Balaban J connectivity index is 1.53. The molecule has 1 aliphatic heterocycles. The van der Waals surface area contributed by atoms with Crippen molar-refractivity contribution >= 4 is 52.1 Å². The van der Waals surface area contributed by atoms with Crippen LogP contribution in [0.1, 0.15) is 16.1 Å². The highest BCUT2D eigenvalue weighted by Crippen LogP contribution is 2.35. The van der Waals surface area contributed by atoms with Crippen LogP contribution in [0.25, 0.3) is 17.4 Å². The highest BCUT2D eigenvalue weighted by molar-refractivity contribution is 8.18. The van der Waals surface area contributed by atoms with Gasteiger partial charge < -0.3 is 4.42 Å². The first-order chi connectivity index (χ1) is 15.3. The molecule has 1 aromatic heterocycles. The number of hydrogen-bond acceptors (Lipinski definition) is 7. The SMILES string of the molecule is O=C(CN1C(=O)S/C(=C\c2ccc(-c3ccccc3[N+](=O)[O-])o2)C1=O)c1ccc(Cl)cc1. The molecule has 32 heavy (non-hydrogen) atoms. The zero-order chi connectivity index (χ0) is 22.8. The molecule has 8 nitrogen and oxygen atoms in total. The van der Waals surface area contributed by atoms with Crippen molar-refractivity contribution in [2.24, 2.45) is 0 Å². The molecule has 160 valence electrons. The number of carbonyl (C=O) groups excluding carboxylic acids is 3. The van der Waals surface area contributed by atoms with Crippen LogP contribution < -0.4 is 0 Å². The number of nitro benzene ring substituents is 1. The van der Waals surface area contributed by atoms with Crippen molar-refractivity contribution in [3.05, 3.63) is 92.0 Å². The molecule has 0 radical (unpaired) electrons. The van der Waals surface area contributed by atoms with Crippen LogP contribution in [-0.2, 0) is 4.79 Å². The molecule has 2 amide bonds. The van der Waals surface area contributed by atoms with Crippen molar-refractivity contribution in [1.29, 1.82) is 0 Å². The number of thioether (sulfide) groups is 1. The van der Waals surface area contributed by atoms with Gasteiger partial charge in [-0.25, -0.2) is 0 Å². The number of furan rings is 1. The summed E-state index contributed by atoms with van der Waals surface area (Å²) in [7, 11) is 0. The first kappa shape index (κ1) is 21.5. The fourth-order valence-electron chi connectivity index (χ4n) is 3.05. The van der Waals surface area contributed by atoms with E-state index in [1.165, 1.54) is 24.3 Å². The molecule has 1 fully saturated rings. The Hall–Kier alpha value is -3.69. The highest BCUT2D eigenvalue weighted by Gasteiger charge is 2.36. The highest BCUT2D eigenvalue weighted by atomic mass is 35.5. The summed E-state index contributed by atoms with van der Waals surface area (Å²) < 4.78 is 5.65. The maximum absolute atomic E-state index is 12.7. The van der Waals surface area contributed by atoms with E-state index >= 15 is 0 Å². The number of para-hydroxylation sites is 1. The maximum Gasteiger partial charge on any atom is 0.293 e. The van der Waals surface area contributed by atoms with E-state index in [1.807, 2.05) is 0 Å². The average molecular weight is 469 g/mol. The summed E-state index contributed by atoms with van der Waals surface area (Å²) in [4.78, 5) is 49.1. The molecule has 0 aliphatic carbocycles. The number of rotatable bonds is 6. The number of halogens is 1. The maximum atomic E-state index is 12.7. The first-order valence-corrected chi connectivity index (χ1v) is 10.4. The van der Waals surface area contributed by atoms with Gasteiger partial charge in [0.1, 0.15) is 11.5 Å². The average Bonchev–Trinajstić information content (AvgIpc) is 3.34. The van der Waals surface area contributed by atoms with E-state index in [9.17, 15) is 24.5 Å². The lowest BCUT2D eigenvalue weighted by atomic mass is 10.1. The molecule has 0 saturated carbocycles. The Kier molecular flexibility index (Phi) is 5.93. The Bertz CT molecular complexity index is 1280. The third kappa shape index (κ3) is 4.34. The Morgan fingerprint density at radius 2 is 1.81 bits per heavy atom. The van der Waals surface area contributed by atoms with E-state index in [-0.39, 0.29) is 22.1 Å². The minimum atomic E-state index is -0.619. The standard InChI is InChI=1S/C22H13ClN2O6S/c23-14-7-5-13(6-8-14)18(26)12-24-21(27)20(32-22(24)28)11-15-9-10-19(31-15)16-3-1-2-4-17(16)25(29)30/h1-11H,12H2/b20-11-. The van der Waals surface area contributed by atoms with Crippen LogP contribution in [0.15, 0.2) is 70.0 Å². The third-order valence-electron chi connectivity index (χ3n) is 4.61. The minimum absolute atomic E-state index is 0.0855. The van der Waals surface area contributed by atoms with Gasteiger partial charge in [0.15, 0.2) is 5.78 Å². The van der Waals surface area contributed by atoms with E-state index in [4.69, 9.17) is 16.0 Å². The van der Waals surface area contributed by atoms with Crippen LogP contribution >= 0.6 is 23.4 Å². The summed E-state index contributed by atoms with van der Waals surface area (Å²) in [5.41, 5.74) is 0.505. The fourth-order valence-corrected chi connectivity index (χ4v) is 4.00. The van der Waals surface area contributed by atoms with Crippen LogP contribution in [0.5, 0.6) is 0 Å². The molecule has 2 heterocycles. The van der Waals surface area contributed by atoms with Gasteiger partial charge in [-0.1, -0.05) is 23.7 Å². The lowest BCUT2D eigenvalue weighted by molar-refractivity contribution is -0.384. The molecule has 0 bridgehead atoms. The van der Waals surface area contributed by atoms with Crippen molar-refractivity contribution in [2.45, 2.75) is 0 Å². The minimum Gasteiger partial charge on any atom is -0.456 e. The molecular formula is C22H13ClN2O6S. The molecule has 0 N–H and O–H groups in total. The molecule has 0 unspecified atom stereocenters. The van der Waals surface area contributed by atoms with Gasteiger partial charge >= 0.3 is 0 Å². The lowest BCUT2D eigenvalue weighted by Crippen LogP contribution is -2.33. The molecule has 1 saturated heterocycles. The van der Waals surface area contributed by atoms with Gasteiger partial charge in [0.2, 0.25) is 0 Å². The molecule has 0 atom stereocenters. The van der Waals surface area contributed by atoms with Crippen LogP contribution in [0.2, 0.25) is 5.02 Å². The topological polar surface area (TPSA) is 111 Å². The van der Waals surface area contributed by atoms with Gasteiger partial charge in [-0.2, -0.15) is 0 Å². The summed E-state index contributed by atoms with van der Waals surface area (Å²) in [5, 5.41) is 11.1. The molecule has 4 rings (SSSR count). The number of carbonyl (C=O) groups is 3. The van der Waals surface area contributed by atoms with Crippen molar-refractivity contribution in [3.8, 4) is 11.3 Å². The second-order valence-electron chi connectivity index (χ2n) is 6.67. The van der Waals surface area contributed by atoms with E-state index in [0.717, 1.165) is 4.90 Å². The quantitative estimate of drug-likeness (QED) is 0.205. The monoisotopic (exact) mass is 468 g/mol. The number of benzene rings is 2. The summed E-state index contributed by atoms with van der Waals surface area (Å²) in [6.07, 6.45) is 1.37.